The Morgan fingerprint density at radius 2 is 1.57 bits per heavy atom. The molecule has 0 aliphatic rings. The van der Waals surface area contributed by atoms with E-state index in [1.807, 2.05) is 20.8 Å². The zero-order chi connectivity index (χ0) is 11.1. The summed E-state index contributed by atoms with van der Waals surface area (Å²) in [6.45, 7) is 5.68. The lowest BCUT2D eigenvalue weighted by atomic mass is 9.86. The van der Waals surface area contributed by atoms with Crippen LogP contribution in [0.25, 0.3) is 0 Å². The number of phenols is 3. The Hall–Kier alpha value is -1.09. The maximum Gasteiger partial charge on any atom is 0.201 e. The van der Waals surface area contributed by atoms with Crippen LogP contribution in [0.1, 0.15) is 26.3 Å². The second kappa shape index (κ2) is 3.24. The van der Waals surface area contributed by atoms with E-state index >= 15 is 0 Å². The summed E-state index contributed by atoms with van der Waals surface area (Å²) in [5, 5.41) is 28.0. The van der Waals surface area contributed by atoms with Crippen LogP contribution >= 0.6 is 11.6 Å². The van der Waals surface area contributed by atoms with Gasteiger partial charge in [-0.3, -0.25) is 0 Å². The molecule has 14 heavy (non-hydrogen) atoms. The Kier molecular flexibility index (Phi) is 2.54. The SMILES string of the molecule is CC(C)(C)c1cc(O)c(O)c(O)c1Cl. The van der Waals surface area contributed by atoms with Crippen LogP contribution in [0.4, 0.5) is 0 Å². The van der Waals surface area contributed by atoms with Crippen LogP contribution in [0.5, 0.6) is 17.2 Å². The zero-order valence-corrected chi connectivity index (χ0v) is 9.05. The minimum absolute atomic E-state index is 0.0767. The van der Waals surface area contributed by atoms with Gasteiger partial charge in [-0.1, -0.05) is 32.4 Å². The average Bonchev–Trinajstić information content (AvgIpc) is 2.06. The quantitative estimate of drug-likeness (QED) is 0.585. The van der Waals surface area contributed by atoms with Crippen LogP contribution in [0.2, 0.25) is 5.02 Å². The van der Waals surface area contributed by atoms with Crippen LogP contribution in [-0.4, -0.2) is 15.3 Å². The van der Waals surface area contributed by atoms with E-state index in [-0.39, 0.29) is 16.2 Å². The van der Waals surface area contributed by atoms with Crippen LogP contribution in [0.15, 0.2) is 6.07 Å². The van der Waals surface area contributed by atoms with Gasteiger partial charge in [0.25, 0.3) is 0 Å². The molecule has 0 aliphatic heterocycles. The van der Waals surface area contributed by atoms with Gasteiger partial charge in [-0.25, -0.2) is 0 Å². The summed E-state index contributed by atoms with van der Waals surface area (Å²) in [5.41, 5.74) is 0.284. The number of hydrogen-bond acceptors (Lipinski definition) is 3. The molecule has 0 amide bonds. The number of halogens is 1. The fraction of sp³-hybridized carbons (Fsp3) is 0.400. The average molecular weight is 217 g/mol. The number of benzene rings is 1. The molecule has 78 valence electrons. The van der Waals surface area contributed by atoms with E-state index in [2.05, 4.69) is 0 Å². The number of aromatic hydroxyl groups is 3. The highest BCUT2D eigenvalue weighted by Gasteiger charge is 2.23. The molecule has 0 atom stereocenters. The third-order valence-electron chi connectivity index (χ3n) is 2.00. The van der Waals surface area contributed by atoms with Gasteiger partial charge in [0.1, 0.15) is 0 Å². The van der Waals surface area contributed by atoms with Crippen molar-refractivity contribution in [2.45, 2.75) is 26.2 Å². The van der Waals surface area contributed by atoms with E-state index in [4.69, 9.17) is 11.6 Å². The molecule has 0 unspecified atom stereocenters. The highest BCUT2D eigenvalue weighted by atomic mass is 35.5. The predicted octanol–water partition coefficient (Wildman–Crippen LogP) is 2.75. The lowest BCUT2D eigenvalue weighted by molar-refractivity contribution is 0.365. The van der Waals surface area contributed by atoms with Gasteiger partial charge < -0.3 is 15.3 Å². The molecule has 0 heterocycles. The lowest BCUT2D eigenvalue weighted by Gasteiger charge is -2.21. The first-order chi connectivity index (χ1) is 6.25. The molecule has 0 bridgehead atoms. The van der Waals surface area contributed by atoms with Crippen molar-refractivity contribution in [3.8, 4) is 17.2 Å². The van der Waals surface area contributed by atoms with Crippen molar-refractivity contribution in [2.75, 3.05) is 0 Å². The first-order valence-corrected chi connectivity index (χ1v) is 4.57. The van der Waals surface area contributed by atoms with Gasteiger partial charge in [0, 0.05) is 0 Å². The Morgan fingerprint density at radius 3 is 2.00 bits per heavy atom. The van der Waals surface area contributed by atoms with Gasteiger partial charge in [-0.05, 0) is 17.0 Å². The van der Waals surface area contributed by atoms with E-state index in [9.17, 15) is 15.3 Å². The summed E-state index contributed by atoms with van der Waals surface area (Å²) >= 11 is 5.83. The number of rotatable bonds is 0. The standard InChI is InChI=1S/C10H13ClO3/c1-10(2,3)5-4-6(12)8(13)9(14)7(5)11/h4,12-14H,1-3H3. The molecule has 0 fully saturated rings. The molecular formula is C10H13ClO3. The smallest absolute Gasteiger partial charge is 0.201 e. The van der Waals surface area contributed by atoms with E-state index in [0.29, 0.717) is 5.56 Å². The van der Waals surface area contributed by atoms with Crippen molar-refractivity contribution >= 4 is 11.6 Å². The van der Waals surface area contributed by atoms with Crippen LogP contribution < -0.4 is 0 Å². The highest BCUT2D eigenvalue weighted by molar-refractivity contribution is 6.33. The van der Waals surface area contributed by atoms with Gasteiger partial charge in [-0.15, -0.1) is 0 Å². The third kappa shape index (κ3) is 1.73. The van der Waals surface area contributed by atoms with Crippen molar-refractivity contribution in [2.24, 2.45) is 0 Å². The second-order valence-corrected chi connectivity index (χ2v) is 4.58. The largest absolute Gasteiger partial charge is 0.504 e. The maximum absolute atomic E-state index is 9.39. The molecule has 1 aromatic carbocycles. The predicted molar refractivity (Wildman–Crippen MR) is 55.1 cm³/mol. The first kappa shape index (κ1) is 11.0. The van der Waals surface area contributed by atoms with E-state index in [0.717, 1.165) is 0 Å². The number of hydrogen-bond donors (Lipinski definition) is 3. The summed E-state index contributed by atoms with van der Waals surface area (Å²) in [6, 6.07) is 1.36. The Balaban J connectivity index is 3.49. The van der Waals surface area contributed by atoms with Gasteiger partial charge in [0.15, 0.2) is 11.5 Å². The topological polar surface area (TPSA) is 60.7 Å². The molecule has 1 aromatic rings. The third-order valence-corrected chi connectivity index (χ3v) is 2.38. The van der Waals surface area contributed by atoms with E-state index in [1.54, 1.807) is 0 Å². The van der Waals surface area contributed by atoms with Crippen LogP contribution in [0.3, 0.4) is 0 Å². The Morgan fingerprint density at radius 1 is 1.07 bits per heavy atom. The minimum Gasteiger partial charge on any atom is -0.504 e. The van der Waals surface area contributed by atoms with Crippen LogP contribution in [-0.2, 0) is 5.41 Å². The molecule has 3 N–H and O–H groups in total. The summed E-state index contributed by atoms with van der Waals surface area (Å²) in [7, 11) is 0. The van der Waals surface area contributed by atoms with Crippen LogP contribution in [0, 0.1) is 0 Å². The number of phenolic OH excluding ortho intramolecular Hbond substituents is 3. The van der Waals surface area contributed by atoms with Crippen molar-refractivity contribution in [3.05, 3.63) is 16.7 Å². The first-order valence-electron chi connectivity index (χ1n) is 4.19. The summed E-state index contributed by atoms with van der Waals surface area (Å²) in [5.74, 6) is -1.42. The molecule has 3 nitrogen and oxygen atoms in total. The normalized spacial score (nSPS) is 11.7. The summed E-state index contributed by atoms with van der Waals surface area (Å²) < 4.78 is 0. The van der Waals surface area contributed by atoms with Gasteiger partial charge >= 0.3 is 0 Å². The molecule has 0 radical (unpaired) electrons. The molecule has 4 heteroatoms. The van der Waals surface area contributed by atoms with Crippen molar-refractivity contribution in [1.29, 1.82) is 0 Å². The zero-order valence-electron chi connectivity index (χ0n) is 8.30. The fourth-order valence-electron chi connectivity index (χ4n) is 1.17. The monoisotopic (exact) mass is 216 g/mol. The summed E-state index contributed by atoms with van der Waals surface area (Å²) in [6.07, 6.45) is 0. The van der Waals surface area contributed by atoms with Crippen molar-refractivity contribution in [3.63, 3.8) is 0 Å². The van der Waals surface area contributed by atoms with E-state index < -0.39 is 11.5 Å². The van der Waals surface area contributed by atoms with Crippen molar-refractivity contribution in [1.82, 2.24) is 0 Å². The lowest BCUT2D eigenvalue weighted by Crippen LogP contribution is -2.11. The van der Waals surface area contributed by atoms with Gasteiger partial charge in [0.05, 0.1) is 5.02 Å². The molecule has 0 aromatic heterocycles. The maximum atomic E-state index is 9.39. The Labute approximate surface area is 87.6 Å². The van der Waals surface area contributed by atoms with Gasteiger partial charge in [-0.2, -0.15) is 0 Å². The molecule has 0 saturated heterocycles. The fourth-order valence-corrected chi connectivity index (χ4v) is 1.59. The molecule has 1 rings (SSSR count). The molecular weight excluding hydrogens is 204 g/mol. The summed E-state index contributed by atoms with van der Waals surface area (Å²) in [4.78, 5) is 0. The van der Waals surface area contributed by atoms with Gasteiger partial charge in [0.2, 0.25) is 5.75 Å². The molecule has 0 aliphatic carbocycles. The molecule has 0 saturated carbocycles. The Bertz CT molecular complexity index is 367. The molecule has 0 spiro atoms. The highest BCUT2D eigenvalue weighted by Crippen LogP contribution is 2.45. The minimum atomic E-state index is -0.581. The second-order valence-electron chi connectivity index (χ2n) is 4.20. The van der Waals surface area contributed by atoms with Crippen molar-refractivity contribution < 1.29 is 15.3 Å². The van der Waals surface area contributed by atoms with E-state index in [1.165, 1.54) is 6.07 Å².